The summed E-state index contributed by atoms with van der Waals surface area (Å²) in [5.41, 5.74) is 2.35. The second kappa shape index (κ2) is 5.57. The number of benzene rings is 1. The molecule has 0 bridgehead atoms. The van der Waals surface area contributed by atoms with Gasteiger partial charge in [0.2, 0.25) is 0 Å². The molecule has 3 aromatic rings. The molecule has 1 atom stereocenters. The van der Waals surface area contributed by atoms with Crippen LogP contribution in [0.15, 0.2) is 43.0 Å². The largest absolute Gasteiger partial charge is 0.306 e. The number of rotatable bonds is 4. The van der Waals surface area contributed by atoms with Crippen molar-refractivity contribution < 1.29 is 8.78 Å². The zero-order valence-electron chi connectivity index (χ0n) is 11.4. The first kappa shape index (κ1) is 13.6. The lowest BCUT2D eigenvalue weighted by Crippen LogP contribution is -2.22. The lowest BCUT2D eigenvalue weighted by molar-refractivity contribution is 0.504. The molecule has 108 valence electrons. The van der Waals surface area contributed by atoms with Crippen LogP contribution < -0.4 is 5.32 Å². The van der Waals surface area contributed by atoms with Crippen molar-refractivity contribution >= 4 is 5.52 Å². The third kappa shape index (κ3) is 2.50. The number of nitrogens with zero attached hydrogens (tertiary/aromatic N) is 3. The van der Waals surface area contributed by atoms with Gasteiger partial charge in [-0.3, -0.25) is 4.98 Å². The summed E-state index contributed by atoms with van der Waals surface area (Å²) in [7, 11) is 0. The standard InChI is InChI=1S/C15H14F2N4/c1-2-19-15(10-3-4-12(16)13(17)7-10)11-8-20-21-6-5-18-9-14(11)21/h3-9,15,19H,2H2,1H3. The van der Waals surface area contributed by atoms with Crippen LogP contribution in [0.2, 0.25) is 0 Å². The van der Waals surface area contributed by atoms with E-state index in [1.165, 1.54) is 6.07 Å². The number of aromatic nitrogens is 3. The van der Waals surface area contributed by atoms with Gasteiger partial charge in [-0.05, 0) is 24.2 Å². The Hall–Kier alpha value is -2.34. The maximum atomic E-state index is 13.5. The van der Waals surface area contributed by atoms with Crippen molar-refractivity contribution in [2.24, 2.45) is 0 Å². The van der Waals surface area contributed by atoms with Crippen LogP contribution in [-0.4, -0.2) is 21.1 Å². The highest BCUT2D eigenvalue weighted by Crippen LogP contribution is 2.26. The lowest BCUT2D eigenvalue weighted by atomic mass is 10.00. The highest BCUT2D eigenvalue weighted by molar-refractivity contribution is 5.55. The molecule has 1 N–H and O–H groups in total. The smallest absolute Gasteiger partial charge is 0.159 e. The van der Waals surface area contributed by atoms with E-state index in [1.807, 2.05) is 6.92 Å². The maximum absolute atomic E-state index is 13.5. The molecule has 0 aliphatic rings. The first-order valence-electron chi connectivity index (χ1n) is 6.66. The van der Waals surface area contributed by atoms with Crippen molar-refractivity contribution in [3.8, 4) is 0 Å². The predicted molar refractivity (Wildman–Crippen MR) is 74.9 cm³/mol. The molecule has 21 heavy (non-hydrogen) atoms. The van der Waals surface area contributed by atoms with Crippen LogP contribution in [0, 0.1) is 11.6 Å². The summed E-state index contributed by atoms with van der Waals surface area (Å²) in [5, 5.41) is 7.53. The summed E-state index contributed by atoms with van der Waals surface area (Å²) in [6.45, 7) is 2.64. The Kier molecular flexibility index (Phi) is 3.62. The van der Waals surface area contributed by atoms with E-state index in [2.05, 4.69) is 15.4 Å². The number of fused-ring (bicyclic) bond motifs is 1. The Morgan fingerprint density at radius 2 is 2.10 bits per heavy atom. The Bertz CT molecular complexity index is 769. The van der Waals surface area contributed by atoms with Crippen molar-refractivity contribution in [1.82, 2.24) is 19.9 Å². The summed E-state index contributed by atoms with van der Waals surface area (Å²) >= 11 is 0. The van der Waals surface area contributed by atoms with Crippen molar-refractivity contribution in [2.75, 3.05) is 6.54 Å². The van der Waals surface area contributed by atoms with Crippen LogP contribution >= 0.6 is 0 Å². The highest BCUT2D eigenvalue weighted by atomic mass is 19.2. The van der Waals surface area contributed by atoms with E-state index in [9.17, 15) is 8.78 Å². The molecule has 1 aromatic carbocycles. The van der Waals surface area contributed by atoms with Crippen molar-refractivity contribution in [3.05, 3.63) is 65.7 Å². The number of hydrogen-bond acceptors (Lipinski definition) is 3. The average Bonchev–Trinajstić information content (AvgIpc) is 2.92. The van der Waals surface area contributed by atoms with E-state index in [0.29, 0.717) is 12.1 Å². The first-order chi connectivity index (χ1) is 10.2. The molecule has 0 spiro atoms. The van der Waals surface area contributed by atoms with Crippen molar-refractivity contribution in [2.45, 2.75) is 13.0 Å². The fourth-order valence-electron chi connectivity index (χ4n) is 2.38. The molecule has 3 rings (SSSR count). The van der Waals surface area contributed by atoms with Crippen LogP contribution in [0.1, 0.15) is 24.1 Å². The second-order valence-corrected chi connectivity index (χ2v) is 4.67. The van der Waals surface area contributed by atoms with E-state index < -0.39 is 11.6 Å². The van der Waals surface area contributed by atoms with Crippen molar-refractivity contribution in [3.63, 3.8) is 0 Å². The van der Waals surface area contributed by atoms with E-state index in [0.717, 1.165) is 17.1 Å². The SMILES string of the molecule is CCNC(c1ccc(F)c(F)c1)c1cnn2ccncc12. The predicted octanol–water partition coefficient (Wildman–Crippen LogP) is 2.71. The van der Waals surface area contributed by atoms with Crippen LogP contribution in [0.3, 0.4) is 0 Å². The van der Waals surface area contributed by atoms with Gasteiger partial charge in [-0.1, -0.05) is 13.0 Å². The first-order valence-corrected chi connectivity index (χ1v) is 6.66. The summed E-state index contributed by atoms with van der Waals surface area (Å²) in [6, 6.07) is 3.65. The number of nitrogens with one attached hydrogen (secondary N) is 1. The van der Waals surface area contributed by atoms with Gasteiger partial charge in [0.05, 0.1) is 24.0 Å². The van der Waals surface area contributed by atoms with Gasteiger partial charge >= 0.3 is 0 Å². The molecule has 0 amide bonds. The van der Waals surface area contributed by atoms with Gasteiger partial charge < -0.3 is 5.32 Å². The van der Waals surface area contributed by atoms with Gasteiger partial charge in [0, 0.05) is 18.0 Å². The zero-order valence-corrected chi connectivity index (χ0v) is 11.4. The fraction of sp³-hybridized carbons (Fsp3) is 0.200. The monoisotopic (exact) mass is 288 g/mol. The van der Waals surface area contributed by atoms with Gasteiger partial charge in [0.1, 0.15) is 0 Å². The molecule has 4 nitrogen and oxygen atoms in total. The molecule has 0 aliphatic carbocycles. The summed E-state index contributed by atoms with van der Waals surface area (Å²) < 4.78 is 28.3. The Balaban J connectivity index is 2.11. The van der Waals surface area contributed by atoms with Crippen molar-refractivity contribution in [1.29, 1.82) is 0 Å². The summed E-state index contributed by atoms with van der Waals surface area (Å²) in [5.74, 6) is -1.71. The van der Waals surface area contributed by atoms with Crippen LogP contribution in [0.25, 0.3) is 5.52 Å². The molecule has 2 aromatic heterocycles. The van der Waals surface area contributed by atoms with E-state index in [4.69, 9.17) is 0 Å². The van der Waals surface area contributed by atoms with Gasteiger partial charge in [0.15, 0.2) is 11.6 Å². The molecule has 0 fully saturated rings. The Labute approximate surface area is 120 Å². The van der Waals surface area contributed by atoms with E-state index >= 15 is 0 Å². The molecule has 1 unspecified atom stereocenters. The van der Waals surface area contributed by atoms with Crippen LogP contribution in [-0.2, 0) is 0 Å². The highest BCUT2D eigenvalue weighted by Gasteiger charge is 2.19. The number of hydrogen-bond donors (Lipinski definition) is 1. The van der Waals surface area contributed by atoms with Crippen LogP contribution in [0.4, 0.5) is 8.78 Å². The van der Waals surface area contributed by atoms with Gasteiger partial charge in [-0.15, -0.1) is 0 Å². The van der Waals surface area contributed by atoms with E-state index in [1.54, 1.807) is 35.4 Å². The molecule has 2 heterocycles. The second-order valence-electron chi connectivity index (χ2n) is 4.67. The molecule has 0 aliphatic heterocycles. The van der Waals surface area contributed by atoms with Crippen LogP contribution in [0.5, 0.6) is 0 Å². The number of halogens is 2. The minimum atomic E-state index is -0.856. The van der Waals surface area contributed by atoms with E-state index in [-0.39, 0.29) is 6.04 Å². The fourth-order valence-corrected chi connectivity index (χ4v) is 2.38. The minimum absolute atomic E-state index is 0.271. The zero-order chi connectivity index (χ0) is 14.8. The molecule has 0 saturated carbocycles. The average molecular weight is 288 g/mol. The minimum Gasteiger partial charge on any atom is -0.306 e. The Morgan fingerprint density at radius 3 is 2.86 bits per heavy atom. The maximum Gasteiger partial charge on any atom is 0.159 e. The lowest BCUT2D eigenvalue weighted by Gasteiger charge is -2.17. The topological polar surface area (TPSA) is 42.2 Å². The molecule has 0 saturated heterocycles. The molecule has 6 heteroatoms. The third-order valence-corrected chi connectivity index (χ3v) is 3.35. The molecular weight excluding hydrogens is 274 g/mol. The summed E-state index contributed by atoms with van der Waals surface area (Å²) in [6.07, 6.45) is 6.80. The normalized spacial score (nSPS) is 12.7. The molecular formula is C15H14F2N4. The van der Waals surface area contributed by atoms with Gasteiger partial charge in [-0.2, -0.15) is 5.10 Å². The Morgan fingerprint density at radius 1 is 1.24 bits per heavy atom. The quantitative estimate of drug-likeness (QED) is 0.802. The summed E-state index contributed by atoms with van der Waals surface area (Å²) in [4.78, 5) is 4.09. The third-order valence-electron chi connectivity index (χ3n) is 3.35. The van der Waals surface area contributed by atoms with Gasteiger partial charge in [-0.25, -0.2) is 13.3 Å². The molecule has 0 radical (unpaired) electrons. The van der Waals surface area contributed by atoms with Gasteiger partial charge in [0.25, 0.3) is 0 Å².